The zero-order valence-corrected chi connectivity index (χ0v) is 36.1. The van der Waals surface area contributed by atoms with E-state index in [1.54, 1.807) is 26.2 Å². The molecule has 3 rings (SSSR count). The lowest BCUT2D eigenvalue weighted by molar-refractivity contribution is -0.335. The van der Waals surface area contributed by atoms with Crippen LogP contribution in [0.5, 0.6) is 0 Å². The number of ether oxygens (including phenoxy) is 7. The van der Waals surface area contributed by atoms with E-state index in [1.807, 2.05) is 71.8 Å². The second-order valence-electron chi connectivity index (χ2n) is 17.0. The van der Waals surface area contributed by atoms with Crippen LogP contribution in [-0.4, -0.2) is 146 Å². The Kier molecular flexibility index (Phi) is 20.8. The molecule has 14 nitrogen and oxygen atoms in total. The molecule has 3 heterocycles. The standard InChI is InChI=1S/C43H74N2O12/c1-11-12-21-44-22-20-31-24-28(4)32(46)17-15-13-14-16-29(5)53-35(47)19-18-33(51-10)41(31)57-42-39(49)38(45(8)9)40(30(6)54-42)56-37-25-43(7,50)34(26-52-37)55-36(48)23-27(2)3/h13-15,17-19,27-34,37-42,44,46,49-50H,11-12,16,20-26H2,1-10H3/b14-13+,17-15+,19-18-/t28-,29-,30-,31+,32+,33?,34+,37+,38-,39-,40-,41+,42+,43-/m1/s1. The van der Waals surface area contributed by atoms with Crippen LogP contribution in [0.2, 0.25) is 0 Å². The minimum Gasteiger partial charge on any atom is -0.459 e. The van der Waals surface area contributed by atoms with Crippen molar-refractivity contribution in [3.8, 4) is 0 Å². The van der Waals surface area contributed by atoms with E-state index in [2.05, 4.69) is 12.2 Å². The van der Waals surface area contributed by atoms with Gasteiger partial charge in [0.1, 0.15) is 30.0 Å². The molecule has 2 saturated heterocycles. The van der Waals surface area contributed by atoms with Crippen molar-refractivity contribution in [3.05, 3.63) is 36.5 Å². The second kappa shape index (κ2) is 24.1. The number of likely N-dealkylation sites (N-methyl/N-ethyl adjacent to an activating group) is 1. The van der Waals surface area contributed by atoms with Gasteiger partial charge in [-0.15, -0.1) is 0 Å². The topological polar surface area (TPSA) is 175 Å². The van der Waals surface area contributed by atoms with Crippen molar-refractivity contribution in [1.29, 1.82) is 0 Å². The Labute approximate surface area is 341 Å². The van der Waals surface area contributed by atoms with Gasteiger partial charge in [-0.05, 0) is 91.0 Å². The molecule has 2 fully saturated rings. The lowest BCUT2D eigenvalue weighted by Crippen LogP contribution is -2.65. The van der Waals surface area contributed by atoms with Gasteiger partial charge in [0.05, 0.1) is 31.0 Å². The first-order valence-electron chi connectivity index (χ1n) is 20.9. The number of unbranched alkanes of at least 4 members (excludes halogenated alkanes) is 1. The molecule has 328 valence electrons. The highest BCUT2D eigenvalue weighted by molar-refractivity contribution is 5.82. The van der Waals surface area contributed by atoms with Gasteiger partial charge in [-0.1, -0.05) is 58.4 Å². The van der Waals surface area contributed by atoms with E-state index in [1.165, 1.54) is 6.08 Å². The van der Waals surface area contributed by atoms with E-state index in [-0.39, 0.29) is 43.3 Å². The third-order valence-electron chi connectivity index (χ3n) is 11.0. The monoisotopic (exact) mass is 811 g/mol. The highest BCUT2D eigenvalue weighted by Crippen LogP contribution is 2.36. The molecule has 14 atom stereocenters. The molecule has 14 heteroatoms. The maximum absolute atomic E-state index is 12.9. The number of carbonyl (C=O) groups is 2. The largest absolute Gasteiger partial charge is 0.459 e. The maximum Gasteiger partial charge on any atom is 0.330 e. The fourth-order valence-electron chi connectivity index (χ4n) is 7.63. The molecule has 0 aromatic carbocycles. The van der Waals surface area contributed by atoms with E-state index in [4.69, 9.17) is 33.2 Å². The summed E-state index contributed by atoms with van der Waals surface area (Å²) in [6, 6.07) is -0.638. The predicted octanol–water partition coefficient (Wildman–Crippen LogP) is 4.05. The van der Waals surface area contributed by atoms with Crippen LogP contribution in [0.15, 0.2) is 36.5 Å². The fraction of sp³-hybridized carbons (Fsp3) is 0.814. The van der Waals surface area contributed by atoms with Crippen LogP contribution < -0.4 is 5.32 Å². The lowest BCUT2D eigenvalue weighted by atomic mass is 9.83. The first-order valence-corrected chi connectivity index (χ1v) is 20.9. The molecule has 0 aliphatic carbocycles. The number of aliphatic hydroxyl groups is 3. The smallest absolute Gasteiger partial charge is 0.330 e. The van der Waals surface area contributed by atoms with Crippen LogP contribution in [0.1, 0.15) is 93.4 Å². The maximum atomic E-state index is 12.9. The van der Waals surface area contributed by atoms with Crippen molar-refractivity contribution in [1.82, 2.24) is 10.2 Å². The van der Waals surface area contributed by atoms with Crippen LogP contribution in [-0.2, 0) is 42.7 Å². The van der Waals surface area contributed by atoms with Gasteiger partial charge in [-0.25, -0.2) is 4.79 Å². The van der Waals surface area contributed by atoms with Crippen molar-refractivity contribution in [3.63, 3.8) is 0 Å². The first-order chi connectivity index (χ1) is 27.0. The molecule has 0 aromatic rings. The number of hydrogen-bond acceptors (Lipinski definition) is 14. The van der Waals surface area contributed by atoms with Crippen molar-refractivity contribution < 1.29 is 58.1 Å². The van der Waals surface area contributed by atoms with Crippen molar-refractivity contribution in [2.45, 2.75) is 166 Å². The molecule has 0 radical (unpaired) electrons. The third kappa shape index (κ3) is 15.7. The van der Waals surface area contributed by atoms with Crippen LogP contribution in [0, 0.1) is 17.8 Å². The van der Waals surface area contributed by atoms with Crippen molar-refractivity contribution in [2.24, 2.45) is 17.8 Å². The van der Waals surface area contributed by atoms with E-state index < -0.39 is 78.9 Å². The second-order valence-corrected chi connectivity index (χ2v) is 17.0. The summed E-state index contributed by atoms with van der Waals surface area (Å²) >= 11 is 0. The highest BCUT2D eigenvalue weighted by Gasteiger charge is 2.51. The summed E-state index contributed by atoms with van der Waals surface area (Å²) in [4.78, 5) is 27.2. The molecule has 0 spiro atoms. The summed E-state index contributed by atoms with van der Waals surface area (Å²) in [5.74, 6) is -1.19. The number of nitrogens with one attached hydrogen (secondary N) is 1. The van der Waals surface area contributed by atoms with Gasteiger partial charge in [-0.2, -0.15) is 0 Å². The molecule has 4 N–H and O–H groups in total. The molecule has 1 unspecified atom stereocenters. The average molecular weight is 811 g/mol. The fourth-order valence-corrected chi connectivity index (χ4v) is 7.63. The first kappa shape index (κ1) is 49.1. The average Bonchev–Trinajstić information content (AvgIpc) is 3.12. The van der Waals surface area contributed by atoms with Gasteiger partial charge < -0.3 is 58.7 Å². The summed E-state index contributed by atoms with van der Waals surface area (Å²) in [5, 5.41) is 38.1. The van der Waals surface area contributed by atoms with Gasteiger partial charge >= 0.3 is 11.9 Å². The van der Waals surface area contributed by atoms with Gasteiger partial charge in [0.25, 0.3) is 0 Å². The Morgan fingerprint density at radius 3 is 2.47 bits per heavy atom. The Balaban J connectivity index is 1.91. The Bertz CT molecular complexity index is 1290. The van der Waals surface area contributed by atoms with E-state index in [0.29, 0.717) is 25.8 Å². The molecule has 3 aliphatic rings. The molecule has 3 aliphatic heterocycles. The van der Waals surface area contributed by atoms with Gasteiger partial charge in [0.2, 0.25) is 0 Å². The number of nitrogens with zero attached hydrogens (tertiary/aromatic N) is 1. The SMILES string of the molecule is CCCCNCC[C@H]1C[C@@H](C)[C@@H](O)/C=C/C=C/C[C@@H](C)OC(=O)/C=C\C(OC)[C@H]1O[C@@H]1O[C@H](C)[C@@H](O[C@H]2C[C@@](C)(O)[C@@H](OC(=O)CC(C)C)CO2)[C@H](N(C)C)[C@H]1O. The normalized spacial score (nSPS) is 39.1. The minimum absolute atomic E-state index is 0.0284. The number of carbonyl (C=O) groups excluding carboxylic acids is 2. The summed E-state index contributed by atoms with van der Waals surface area (Å²) in [6.07, 6.45) is 6.36. The summed E-state index contributed by atoms with van der Waals surface area (Å²) in [5.41, 5.74) is -1.42. The van der Waals surface area contributed by atoms with E-state index in [9.17, 15) is 24.9 Å². The Hall–Kier alpha value is -2.24. The number of rotatable bonds is 15. The zero-order valence-electron chi connectivity index (χ0n) is 36.1. The lowest BCUT2D eigenvalue weighted by Gasteiger charge is -2.49. The number of methoxy groups -OCH3 is 1. The summed E-state index contributed by atoms with van der Waals surface area (Å²) in [7, 11) is 5.21. The molecule has 0 aromatic heterocycles. The molecule has 0 bridgehead atoms. The van der Waals surface area contributed by atoms with E-state index >= 15 is 0 Å². The predicted molar refractivity (Wildman–Crippen MR) is 216 cm³/mol. The van der Waals surface area contributed by atoms with Crippen LogP contribution in [0.4, 0.5) is 0 Å². The van der Waals surface area contributed by atoms with Gasteiger partial charge in [0.15, 0.2) is 18.7 Å². The molecule has 0 amide bonds. The quantitative estimate of drug-likeness (QED) is 0.138. The molecule has 57 heavy (non-hydrogen) atoms. The number of aliphatic hydroxyl groups excluding tert-OH is 2. The highest BCUT2D eigenvalue weighted by atomic mass is 16.7. The number of cyclic esters (lactones) is 1. The van der Waals surface area contributed by atoms with Crippen LogP contribution in [0.3, 0.4) is 0 Å². The van der Waals surface area contributed by atoms with E-state index in [0.717, 1.165) is 19.4 Å². The minimum atomic E-state index is -1.42. The number of esters is 2. The van der Waals surface area contributed by atoms with Gasteiger partial charge in [0, 0.05) is 32.4 Å². The Morgan fingerprint density at radius 1 is 1.09 bits per heavy atom. The number of hydrogen-bond donors (Lipinski definition) is 4. The molecule has 0 saturated carbocycles. The van der Waals surface area contributed by atoms with Crippen molar-refractivity contribution in [2.75, 3.05) is 40.9 Å². The zero-order chi connectivity index (χ0) is 42.3. The summed E-state index contributed by atoms with van der Waals surface area (Å²) in [6.45, 7) is 14.7. The molecular weight excluding hydrogens is 736 g/mol. The van der Waals surface area contributed by atoms with Crippen LogP contribution >= 0.6 is 0 Å². The van der Waals surface area contributed by atoms with Gasteiger partial charge in [-0.3, -0.25) is 4.79 Å². The third-order valence-corrected chi connectivity index (χ3v) is 11.0. The van der Waals surface area contributed by atoms with Crippen LogP contribution in [0.25, 0.3) is 0 Å². The molecular formula is C43H74N2O12. The number of allylic oxidation sites excluding steroid dienone is 2. The van der Waals surface area contributed by atoms with Crippen molar-refractivity contribution >= 4 is 11.9 Å². The summed E-state index contributed by atoms with van der Waals surface area (Å²) < 4.78 is 43.0. The Morgan fingerprint density at radius 2 is 1.82 bits per heavy atom.